The second-order valence-corrected chi connectivity index (χ2v) is 7.88. The van der Waals surface area contributed by atoms with Gasteiger partial charge in [-0.05, 0) is 55.5 Å². The molecule has 1 N–H and O–H groups in total. The van der Waals surface area contributed by atoms with Crippen molar-refractivity contribution in [3.63, 3.8) is 0 Å². The highest BCUT2D eigenvalue weighted by Crippen LogP contribution is 2.22. The summed E-state index contributed by atoms with van der Waals surface area (Å²) in [5.74, 6) is -0.220. The summed E-state index contributed by atoms with van der Waals surface area (Å²) in [6.45, 7) is 4.63. The molecule has 6 nitrogen and oxygen atoms in total. The molecule has 1 aromatic carbocycles. The van der Waals surface area contributed by atoms with Crippen LogP contribution in [0.15, 0.2) is 40.9 Å². The number of methoxy groups -OCH3 is 1. The van der Waals surface area contributed by atoms with E-state index in [1.54, 1.807) is 18.4 Å². The maximum absolute atomic E-state index is 11.2. The molecule has 0 bridgehead atoms. The molecule has 1 aliphatic rings. The van der Waals surface area contributed by atoms with Crippen LogP contribution in [-0.4, -0.2) is 55.0 Å². The number of hydrogen-bond donors (Lipinski definition) is 1. The van der Waals surface area contributed by atoms with Crippen molar-refractivity contribution < 1.29 is 19.5 Å². The maximum atomic E-state index is 11.2. The summed E-state index contributed by atoms with van der Waals surface area (Å²) in [4.78, 5) is 20.0. The zero-order valence-corrected chi connectivity index (χ0v) is 17.1. The van der Waals surface area contributed by atoms with Crippen molar-refractivity contribution in [2.75, 3.05) is 33.4 Å². The number of ether oxygens (including phenoxy) is 1. The Hall–Kier alpha value is -2.38. The van der Waals surface area contributed by atoms with Crippen LogP contribution in [0.4, 0.5) is 0 Å². The van der Waals surface area contributed by atoms with Gasteiger partial charge in [0, 0.05) is 18.7 Å². The normalized spacial score (nSPS) is 18.1. The molecule has 0 aliphatic carbocycles. The summed E-state index contributed by atoms with van der Waals surface area (Å²) in [5, 5.41) is 15.7. The van der Waals surface area contributed by atoms with Gasteiger partial charge in [0.25, 0.3) is 0 Å². The lowest BCUT2D eigenvalue weighted by Crippen LogP contribution is -2.40. The Labute approximate surface area is 169 Å². The van der Waals surface area contributed by atoms with Crippen molar-refractivity contribution in [3.8, 4) is 5.75 Å². The highest BCUT2D eigenvalue weighted by molar-refractivity contribution is 7.12. The molecule has 0 spiro atoms. The minimum absolute atomic E-state index is 0.279. The molecule has 0 radical (unpaired) electrons. The number of likely N-dealkylation sites (tertiary alicyclic amines) is 1. The molecule has 1 saturated heterocycles. The average Bonchev–Trinajstić information content (AvgIpc) is 3.14. The van der Waals surface area contributed by atoms with E-state index in [1.807, 2.05) is 24.3 Å². The number of hydrogen-bond acceptors (Lipinski definition) is 6. The third kappa shape index (κ3) is 5.33. The van der Waals surface area contributed by atoms with Gasteiger partial charge in [0.2, 0.25) is 0 Å². The Balaban J connectivity index is 1.67. The van der Waals surface area contributed by atoms with Gasteiger partial charge in [-0.1, -0.05) is 17.3 Å². The molecule has 2 heterocycles. The summed E-state index contributed by atoms with van der Waals surface area (Å²) < 4.78 is 5.33. The molecule has 0 saturated carbocycles. The van der Waals surface area contributed by atoms with Crippen LogP contribution in [-0.2, 0) is 9.63 Å². The van der Waals surface area contributed by atoms with Gasteiger partial charge in [0.1, 0.15) is 18.1 Å². The van der Waals surface area contributed by atoms with E-state index in [-0.39, 0.29) is 5.92 Å². The summed E-state index contributed by atoms with van der Waals surface area (Å²) in [5.41, 5.74) is 2.90. The second-order valence-electron chi connectivity index (χ2n) is 6.97. The highest BCUT2D eigenvalue weighted by atomic mass is 32.1. The monoisotopic (exact) mass is 402 g/mol. The molecule has 28 heavy (non-hydrogen) atoms. The van der Waals surface area contributed by atoms with Crippen molar-refractivity contribution in [2.45, 2.75) is 19.8 Å². The van der Waals surface area contributed by atoms with Crippen LogP contribution in [0.25, 0.3) is 0 Å². The first-order valence-electron chi connectivity index (χ1n) is 9.42. The molecular formula is C21H26N2O4S. The summed E-state index contributed by atoms with van der Waals surface area (Å²) in [7, 11) is 1.64. The highest BCUT2D eigenvalue weighted by Gasteiger charge is 2.25. The maximum Gasteiger partial charge on any atom is 0.307 e. The van der Waals surface area contributed by atoms with Gasteiger partial charge in [0.05, 0.1) is 17.9 Å². The first-order valence-corrected chi connectivity index (χ1v) is 10.3. The number of carbonyl (C=O) groups is 1. The van der Waals surface area contributed by atoms with Gasteiger partial charge in [-0.25, -0.2) is 0 Å². The zero-order valence-electron chi connectivity index (χ0n) is 16.3. The summed E-state index contributed by atoms with van der Waals surface area (Å²) in [6.07, 6.45) is 1.66. The first-order chi connectivity index (χ1) is 13.6. The van der Waals surface area contributed by atoms with Crippen LogP contribution in [0, 0.1) is 12.8 Å². The molecule has 0 amide bonds. The van der Waals surface area contributed by atoms with Crippen LogP contribution in [0.1, 0.15) is 28.8 Å². The van der Waals surface area contributed by atoms with Gasteiger partial charge < -0.3 is 14.7 Å². The van der Waals surface area contributed by atoms with E-state index in [9.17, 15) is 9.90 Å². The number of nitrogens with zero attached hydrogens (tertiary/aromatic N) is 2. The smallest absolute Gasteiger partial charge is 0.307 e. The molecule has 7 heteroatoms. The SMILES string of the molecule is COc1cccc(C(=NOCCN2CCC[C@@H](C(=O)O)C2)c2cc(C)cs2)c1. The van der Waals surface area contributed by atoms with E-state index < -0.39 is 5.97 Å². The zero-order chi connectivity index (χ0) is 19.9. The topological polar surface area (TPSA) is 71.4 Å². The van der Waals surface area contributed by atoms with Crippen molar-refractivity contribution in [1.82, 2.24) is 4.90 Å². The first kappa shape index (κ1) is 20.4. The third-order valence-electron chi connectivity index (χ3n) is 4.82. The lowest BCUT2D eigenvalue weighted by Gasteiger charge is -2.29. The van der Waals surface area contributed by atoms with Crippen LogP contribution >= 0.6 is 11.3 Å². The van der Waals surface area contributed by atoms with Crippen LogP contribution in [0.3, 0.4) is 0 Å². The number of carboxylic acids is 1. The molecule has 1 aliphatic heterocycles. The van der Waals surface area contributed by atoms with E-state index in [1.165, 1.54) is 5.56 Å². The summed E-state index contributed by atoms with van der Waals surface area (Å²) >= 11 is 1.63. The minimum Gasteiger partial charge on any atom is -0.497 e. The lowest BCUT2D eigenvalue weighted by atomic mass is 9.98. The molecule has 1 fully saturated rings. The van der Waals surface area contributed by atoms with Gasteiger partial charge >= 0.3 is 5.97 Å². The number of thiophene rings is 1. The minimum atomic E-state index is -0.711. The van der Waals surface area contributed by atoms with E-state index >= 15 is 0 Å². The standard InChI is InChI=1S/C21H26N2O4S/c1-15-11-19(28-14-15)20(16-5-3-7-18(12-16)26-2)22-27-10-9-23-8-4-6-17(13-23)21(24)25/h3,5,7,11-12,14,17H,4,6,8-10,13H2,1-2H3,(H,24,25)/t17-/m1/s1. The fraction of sp³-hybridized carbons (Fsp3) is 0.429. The molecule has 1 atom stereocenters. The van der Waals surface area contributed by atoms with E-state index in [0.29, 0.717) is 19.7 Å². The van der Waals surface area contributed by atoms with Crippen LogP contribution in [0.5, 0.6) is 5.75 Å². The van der Waals surface area contributed by atoms with Gasteiger partial charge in [-0.15, -0.1) is 11.3 Å². The molecule has 1 aromatic heterocycles. The Kier molecular flexibility index (Phi) is 7.06. The number of benzene rings is 1. The number of carboxylic acid groups (broad SMARTS) is 1. The van der Waals surface area contributed by atoms with E-state index in [0.717, 1.165) is 41.3 Å². The second kappa shape index (κ2) is 9.71. The van der Waals surface area contributed by atoms with Crippen molar-refractivity contribution in [2.24, 2.45) is 11.1 Å². The van der Waals surface area contributed by atoms with Gasteiger partial charge in [-0.3, -0.25) is 9.69 Å². The fourth-order valence-corrected chi connectivity index (χ4v) is 4.21. The quantitative estimate of drug-likeness (QED) is 0.415. The third-order valence-corrected chi connectivity index (χ3v) is 5.87. The molecular weight excluding hydrogens is 376 g/mol. The van der Waals surface area contributed by atoms with Crippen molar-refractivity contribution in [3.05, 3.63) is 51.7 Å². The number of piperidine rings is 1. The Bertz CT molecular complexity index is 833. The number of oxime groups is 1. The molecule has 2 aromatic rings. The van der Waals surface area contributed by atoms with Gasteiger partial charge in [0.15, 0.2) is 0 Å². The predicted octanol–water partition coefficient (Wildman–Crippen LogP) is 3.63. The predicted molar refractivity (Wildman–Crippen MR) is 110 cm³/mol. The van der Waals surface area contributed by atoms with Gasteiger partial charge in [-0.2, -0.15) is 0 Å². The van der Waals surface area contributed by atoms with E-state index in [2.05, 4.69) is 28.4 Å². The Morgan fingerprint density at radius 2 is 2.25 bits per heavy atom. The van der Waals surface area contributed by atoms with E-state index in [4.69, 9.17) is 9.57 Å². The number of aryl methyl sites for hydroxylation is 1. The molecule has 150 valence electrons. The Morgan fingerprint density at radius 1 is 1.39 bits per heavy atom. The summed E-state index contributed by atoms with van der Waals surface area (Å²) in [6, 6.07) is 9.86. The van der Waals surface area contributed by atoms with Crippen molar-refractivity contribution >= 4 is 23.0 Å². The number of aliphatic carboxylic acids is 1. The average molecular weight is 403 g/mol. The lowest BCUT2D eigenvalue weighted by molar-refractivity contribution is -0.143. The molecule has 3 rings (SSSR count). The molecule has 0 unspecified atom stereocenters. The number of rotatable bonds is 8. The fourth-order valence-electron chi connectivity index (χ4n) is 3.31. The Morgan fingerprint density at radius 3 is 2.96 bits per heavy atom. The van der Waals surface area contributed by atoms with Crippen LogP contribution < -0.4 is 4.74 Å². The van der Waals surface area contributed by atoms with Crippen LogP contribution in [0.2, 0.25) is 0 Å². The largest absolute Gasteiger partial charge is 0.497 e. The van der Waals surface area contributed by atoms with Crippen molar-refractivity contribution in [1.29, 1.82) is 0 Å².